The van der Waals surface area contributed by atoms with Gasteiger partial charge in [0.25, 0.3) is 0 Å². The van der Waals surface area contributed by atoms with Crippen LogP contribution in [0.3, 0.4) is 0 Å². The number of nitrogens with zero attached hydrogens (tertiary/aromatic N) is 5. The first-order valence-electron chi connectivity index (χ1n) is 13.5. The number of carbonyl (C=O) groups excluding carboxylic acids is 2. The lowest BCUT2D eigenvalue weighted by molar-refractivity contribution is -0.137. The van der Waals surface area contributed by atoms with Gasteiger partial charge in [0, 0.05) is 63.8 Å². The van der Waals surface area contributed by atoms with E-state index < -0.39 is 11.7 Å². The van der Waals surface area contributed by atoms with Gasteiger partial charge < -0.3 is 25.3 Å². The van der Waals surface area contributed by atoms with Crippen molar-refractivity contribution in [1.82, 2.24) is 19.8 Å². The van der Waals surface area contributed by atoms with Crippen LogP contribution in [0.4, 0.5) is 36.3 Å². The van der Waals surface area contributed by atoms with E-state index in [0.717, 1.165) is 55.4 Å². The molecule has 2 aromatic rings. The van der Waals surface area contributed by atoms with Crippen molar-refractivity contribution in [1.29, 1.82) is 0 Å². The van der Waals surface area contributed by atoms with E-state index in [0.29, 0.717) is 44.9 Å². The van der Waals surface area contributed by atoms with Crippen LogP contribution in [0.1, 0.15) is 55.6 Å². The van der Waals surface area contributed by atoms with E-state index >= 15 is 0 Å². The third kappa shape index (κ3) is 6.54. The summed E-state index contributed by atoms with van der Waals surface area (Å²) in [5.41, 5.74) is 1.81. The number of halogens is 3. The number of piperidine rings is 1. The van der Waals surface area contributed by atoms with Gasteiger partial charge in [-0.15, -0.1) is 0 Å². The third-order valence-electron chi connectivity index (χ3n) is 7.53. The van der Waals surface area contributed by atoms with Gasteiger partial charge >= 0.3 is 6.18 Å². The molecule has 2 amide bonds. The minimum Gasteiger partial charge on any atom is -0.369 e. The molecule has 0 unspecified atom stereocenters. The number of hydrogen-bond acceptors (Lipinski definition) is 7. The van der Waals surface area contributed by atoms with Crippen LogP contribution in [0.2, 0.25) is 0 Å². The predicted molar refractivity (Wildman–Crippen MR) is 142 cm³/mol. The molecule has 0 bridgehead atoms. The van der Waals surface area contributed by atoms with Crippen molar-refractivity contribution >= 4 is 35.0 Å². The van der Waals surface area contributed by atoms with Gasteiger partial charge in [0.05, 0.1) is 6.54 Å². The number of amides is 2. The van der Waals surface area contributed by atoms with Crippen molar-refractivity contribution < 1.29 is 22.8 Å². The number of aromatic nitrogens is 2. The van der Waals surface area contributed by atoms with E-state index in [1.54, 1.807) is 16.8 Å². The number of hydrogen-bond donors (Lipinski definition) is 2. The average molecular weight is 546 g/mol. The third-order valence-corrected chi connectivity index (χ3v) is 7.53. The highest BCUT2D eigenvalue weighted by atomic mass is 19.4. The lowest BCUT2D eigenvalue weighted by Gasteiger charge is -2.34. The fourth-order valence-corrected chi connectivity index (χ4v) is 5.05. The SMILES string of the molecule is CN1CCN(c2ccc(Nc3ncc(C(F)(F)F)c(NCCCN4CCCCC4=O)n3)c(C3CC3)c2)CC1=O. The molecule has 2 aliphatic heterocycles. The maximum Gasteiger partial charge on any atom is 0.421 e. The molecule has 9 nitrogen and oxygen atoms in total. The number of likely N-dealkylation sites (tertiary alicyclic amines) is 1. The minimum absolute atomic E-state index is 0.0668. The molecule has 0 radical (unpaired) electrons. The number of rotatable bonds is 9. The molecule has 210 valence electrons. The number of alkyl halides is 3. The normalized spacial score (nSPS) is 18.5. The fraction of sp³-hybridized carbons (Fsp3) is 0.556. The predicted octanol–water partition coefficient (Wildman–Crippen LogP) is 4.21. The van der Waals surface area contributed by atoms with Crippen molar-refractivity contribution in [2.24, 2.45) is 0 Å². The Morgan fingerprint density at radius 3 is 2.62 bits per heavy atom. The summed E-state index contributed by atoms with van der Waals surface area (Å²) in [7, 11) is 1.80. The minimum atomic E-state index is -4.61. The maximum atomic E-state index is 13.7. The Balaban J connectivity index is 1.30. The zero-order valence-electron chi connectivity index (χ0n) is 22.1. The van der Waals surface area contributed by atoms with Gasteiger partial charge in [-0.25, -0.2) is 4.98 Å². The second-order valence-electron chi connectivity index (χ2n) is 10.5. The quantitative estimate of drug-likeness (QED) is 0.456. The Bertz CT molecular complexity index is 1220. The highest BCUT2D eigenvalue weighted by molar-refractivity contribution is 5.83. The number of likely N-dealkylation sites (N-methyl/N-ethyl adjacent to an activating group) is 1. The molecule has 12 heteroatoms. The molecule has 39 heavy (non-hydrogen) atoms. The lowest BCUT2D eigenvalue weighted by atomic mass is 10.1. The van der Waals surface area contributed by atoms with Gasteiger partial charge in [-0.3, -0.25) is 9.59 Å². The van der Waals surface area contributed by atoms with Gasteiger partial charge in [0.15, 0.2) is 0 Å². The molecule has 1 saturated carbocycles. The van der Waals surface area contributed by atoms with Crippen LogP contribution in [0.15, 0.2) is 24.4 Å². The summed E-state index contributed by atoms with van der Waals surface area (Å²) in [4.78, 5) is 37.9. The van der Waals surface area contributed by atoms with Crippen LogP contribution in [0.25, 0.3) is 0 Å². The molecule has 0 spiro atoms. The molecule has 2 N–H and O–H groups in total. The summed E-state index contributed by atoms with van der Waals surface area (Å²) >= 11 is 0. The largest absolute Gasteiger partial charge is 0.421 e. The first kappa shape index (κ1) is 27.0. The Kier molecular flexibility index (Phi) is 7.81. The number of nitrogens with one attached hydrogen (secondary N) is 2. The average Bonchev–Trinajstić information content (AvgIpc) is 3.74. The number of anilines is 4. The van der Waals surface area contributed by atoms with Crippen LogP contribution in [0, 0.1) is 0 Å². The smallest absolute Gasteiger partial charge is 0.369 e. The van der Waals surface area contributed by atoms with Crippen molar-refractivity contribution in [3.63, 3.8) is 0 Å². The fourth-order valence-electron chi connectivity index (χ4n) is 5.05. The number of piperazine rings is 1. The second kappa shape index (κ2) is 11.3. The van der Waals surface area contributed by atoms with Crippen molar-refractivity contribution in [2.75, 3.05) is 61.8 Å². The standard InChI is InChI=1S/C27H34F3N7O2/c1-35-13-14-37(17-24(35)39)19-8-9-22(20(15-19)18-6-7-18)33-26-32-16-21(27(28,29)30)25(34-26)31-10-4-12-36-11-3-2-5-23(36)38/h8-9,15-16,18H,2-7,10-14,17H2,1H3,(H2,31,32,33,34). The molecule has 0 atom stereocenters. The summed E-state index contributed by atoms with van der Waals surface area (Å²) < 4.78 is 41.1. The van der Waals surface area contributed by atoms with Crippen LogP contribution in [-0.2, 0) is 15.8 Å². The lowest BCUT2D eigenvalue weighted by Crippen LogP contribution is -2.48. The molecular weight excluding hydrogens is 511 g/mol. The maximum absolute atomic E-state index is 13.7. The van der Waals surface area contributed by atoms with Gasteiger partial charge in [-0.1, -0.05) is 0 Å². The first-order chi connectivity index (χ1) is 18.7. The van der Waals surface area contributed by atoms with E-state index in [1.807, 2.05) is 17.0 Å². The molecule has 3 heterocycles. The van der Waals surface area contributed by atoms with Gasteiger partial charge in [-0.05, 0) is 61.8 Å². The number of benzene rings is 1. The van der Waals surface area contributed by atoms with E-state index in [-0.39, 0.29) is 30.1 Å². The van der Waals surface area contributed by atoms with Gasteiger partial charge in [-0.2, -0.15) is 18.2 Å². The highest BCUT2D eigenvalue weighted by Gasteiger charge is 2.35. The molecule has 5 rings (SSSR count). The van der Waals surface area contributed by atoms with Gasteiger partial charge in [0.1, 0.15) is 11.4 Å². The zero-order valence-corrected chi connectivity index (χ0v) is 22.1. The van der Waals surface area contributed by atoms with Crippen LogP contribution in [0.5, 0.6) is 0 Å². The molecule has 1 aliphatic carbocycles. The van der Waals surface area contributed by atoms with Gasteiger partial charge in [0.2, 0.25) is 17.8 Å². The van der Waals surface area contributed by atoms with Crippen molar-refractivity contribution in [2.45, 2.75) is 50.6 Å². The Labute approximate surface area is 225 Å². The monoisotopic (exact) mass is 545 g/mol. The highest BCUT2D eigenvalue weighted by Crippen LogP contribution is 2.45. The van der Waals surface area contributed by atoms with E-state index in [1.165, 1.54) is 0 Å². The summed E-state index contributed by atoms with van der Waals surface area (Å²) in [6.07, 6.45) is 1.13. The molecule has 3 fully saturated rings. The first-order valence-corrected chi connectivity index (χ1v) is 13.5. The van der Waals surface area contributed by atoms with E-state index in [9.17, 15) is 22.8 Å². The molecular formula is C27H34F3N7O2. The van der Waals surface area contributed by atoms with Crippen molar-refractivity contribution in [3.8, 4) is 0 Å². The zero-order chi connectivity index (χ0) is 27.6. The van der Waals surface area contributed by atoms with Crippen LogP contribution >= 0.6 is 0 Å². The van der Waals surface area contributed by atoms with Crippen molar-refractivity contribution in [3.05, 3.63) is 35.5 Å². The Morgan fingerprint density at radius 2 is 1.90 bits per heavy atom. The summed E-state index contributed by atoms with van der Waals surface area (Å²) in [5.74, 6) is 0.298. The van der Waals surface area contributed by atoms with Crippen LogP contribution in [-0.4, -0.2) is 77.9 Å². The van der Waals surface area contributed by atoms with E-state index in [4.69, 9.17) is 0 Å². The van der Waals surface area contributed by atoms with Crippen LogP contribution < -0.4 is 15.5 Å². The molecule has 3 aliphatic rings. The molecule has 2 saturated heterocycles. The number of carbonyl (C=O) groups is 2. The summed E-state index contributed by atoms with van der Waals surface area (Å²) in [6.45, 7) is 3.15. The molecule has 1 aromatic carbocycles. The topological polar surface area (TPSA) is 93.7 Å². The summed E-state index contributed by atoms with van der Waals surface area (Å²) in [6, 6.07) is 5.86. The molecule has 1 aromatic heterocycles. The second-order valence-corrected chi connectivity index (χ2v) is 10.5. The van der Waals surface area contributed by atoms with E-state index in [2.05, 4.69) is 26.7 Å². The summed E-state index contributed by atoms with van der Waals surface area (Å²) in [5, 5.41) is 5.95. The Morgan fingerprint density at radius 1 is 1.08 bits per heavy atom. The Hall–Kier alpha value is -3.57.